The Bertz CT molecular complexity index is 1320. The molecule has 1 aromatic carbocycles. The van der Waals surface area contributed by atoms with E-state index in [0.717, 1.165) is 31.9 Å². The number of thiophene rings is 1. The summed E-state index contributed by atoms with van der Waals surface area (Å²) < 4.78 is 6.09. The number of hydrogen-bond donors (Lipinski definition) is 0. The summed E-state index contributed by atoms with van der Waals surface area (Å²) in [4.78, 5) is 37.3. The van der Waals surface area contributed by atoms with Gasteiger partial charge >= 0.3 is 5.97 Å². The monoisotopic (exact) mass is 518 g/mol. The fourth-order valence-electron chi connectivity index (χ4n) is 5.46. The summed E-state index contributed by atoms with van der Waals surface area (Å²) in [6.07, 6.45) is 4.66. The summed E-state index contributed by atoms with van der Waals surface area (Å²) in [7, 11) is 1.37. The standard InChI is InChI=1S/C29H34N4O3S/c1-19-16-32(27-8-6-24(15-30-27)29(35)36-4)17-20(2)33(19)18-28(34)31-11-9-22(10-12-31)23-5-7-26-25(14-23)13-21(3)37-26/h5-9,13-15,19-20H,10-12,16-18H2,1-4H3/t19-,20+. The second kappa shape index (κ2) is 10.6. The molecular formula is C29H34N4O3S. The number of piperazine rings is 1. The molecule has 8 heteroatoms. The highest BCUT2D eigenvalue weighted by molar-refractivity contribution is 7.19. The SMILES string of the molecule is COC(=O)c1ccc(N2C[C@@H](C)N(CC(=O)N3CC=C(c4ccc5sc(C)cc5c4)CC3)[C@@H](C)C2)nc1. The summed E-state index contributed by atoms with van der Waals surface area (Å²) in [5.41, 5.74) is 3.04. The van der Waals surface area contributed by atoms with Gasteiger partial charge in [-0.3, -0.25) is 9.69 Å². The van der Waals surface area contributed by atoms with Crippen LogP contribution in [-0.4, -0.2) is 78.6 Å². The molecule has 0 aliphatic carbocycles. The van der Waals surface area contributed by atoms with Crippen LogP contribution < -0.4 is 4.90 Å². The number of rotatable bonds is 5. The number of benzene rings is 1. The minimum absolute atomic E-state index is 0.187. The summed E-state index contributed by atoms with van der Waals surface area (Å²) in [5.74, 6) is 0.635. The lowest BCUT2D eigenvalue weighted by molar-refractivity contribution is -0.133. The van der Waals surface area contributed by atoms with Crippen LogP contribution in [0.25, 0.3) is 15.7 Å². The maximum atomic E-state index is 13.2. The van der Waals surface area contributed by atoms with Gasteiger partial charge in [-0.2, -0.15) is 0 Å². The fraction of sp³-hybridized carbons (Fsp3) is 0.414. The molecule has 0 spiro atoms. The normalized spacial score (nSPS) is 20.7. The molecular weight excluding hydrogens is 484 g/mol. The number of carbonyl (C=O) groups excluding carboxylic acids is 2. The van der Waals surface area contributed by atoms with Gasteiger partial charge in [0.1, 0.15) is 5.82 Å². The third-order valence-corrected chi connectivity index (χ3v) is 8.52. The molecule has 0 bridgehead atoms. The van der Waals surface area contributed by atoms with Gasteiger partial charge < -0.3 is 14.5 Å². The second-order valence-electron chi connectivity index (χ2n) is 10.1. The van der Waals surface area contributed by atoms with Gasteiger partial charge in [-0.1, -0.05) is 12.1 Å². The number of amides is 1. The summed E-state index contributed by atoms with van der Waals surface area (Å²) in [6, 6.07) is 13.0. The molecule has 37 heavy (non-hydrogen) atoms. The largest absolute Gasteiger partial charge is 0.465 e. The molecule has 7 nitrogen and oxygen atoms in total. The Labute approximate surface area is 222 Å². The van der Waals surface area contributed by atoms with Crippen molar-refractivity contribution in [3.05, 3.63) is 64.7 Å². The van der Waals surface area contributed by atoms with Gasteiger partial charge in [-0.05, 0) is 74.0 Å². The van der Waals surface area contributed by atoms with Crippen molar-refractivity contribution < 1.29 is 14.3 Å². The number of carbonyl (C=O) groups is 2. The lowest BCUT2D eigenvalue weighted by atomic mass is 9.98. The number of anilines is 1. The van der Waals surface area contributed by atoms with Crippen molar-refractivity contribution in [2.45, 2.75) is 39.3 Å². The van der Waals surface area contributed by atoms with Gasteiger partial charge in [-0.25, -0.2) is 9.78 Å². The molecule has 2 aromatic heterocycles. The number of esters is 1. The molecule has 2 atom stereocenters. The summed E-state index contributed by atoms with van der Waals surface area (Å²) in [6.45, 7) is 9.86. The molecule has 0 radical (unpaired) electrons. The number of nitrogens with zero attached hydrogens (tertiary/aromatic N) is 4. The van der Waals surface area contributed by atoms with Crippen molar-refractivity contribution in [2.24, 2.45) is 0 Å². The summed E-state index contributed by atoms with van der Waals surface area (Å²) >= 11 is 1.83. The van der Waals surface area contributed by atoms with Gasteiger partial charge in [0.05, 0.1) is 19.2 Å². The molecule has 1 amide bonds. The second-order valence-corrected chi connectivity index (χ2v) is 11.4. The van der Waals surface area contributed by atoms with Crippen LogP contribution in [0.2, 0.25) is 0 Å². The van der Waals surface area contributed by atoms with E-state index >= 15 is 0 Å². The third-order valence-electron chi connectivity index (χ3n) is 7.48. The Hall–Kier alpha value is -3.23. The minimum atomic E-state index is -0.387. The fourth-order valence-corrected chi connectivity index (χ4v) is 6.36. The maximum absolute atomic E-state index is 13.2. The van der Waals surface area contributed by atoms with Crippen LogP contribution in [-0.2, 0) is 9.53 Å². The average Bonchev–Trinajstić information content (AvgIpc) is 3.29. The lowest BCUT2D eigenvalue weighted by Crippen LogP contribution is -2.59. The highest BCUT2D eigenvalue weighted by Gasteiger charge is 2.32. The van der Waals surface area contributed by atoms with E-state index in [1.165, 1.54) is 33.2 Å². The van der Waals surface area contributed by atoms with E-state index in [0.29, 0.717) is 18.7 Å². The number of hydrogen-bond acceptors (Lipinski definition) is 7. The smallest absolute Gasteiger partial charge is 0.339 e. The lowest BCUT2D eigenvalue weighted by Gasteiger charge is -2.45. The van der Waals surface area contributed by atoms with E-state index in [4.69, 9.17) is 4.74 Å². The molecule has 194 valence electrons. The van der Waals surface area contributed by atoms with Crippen molar-refractivity contribution in [1.82, 2.24) is 14.8 Å². The minimum Gasteiger partial charge on any atom is -0.465 e. The first kappa shape index (κ1) is 25.4. The zero-order chi connectivity index (χ0) is 26.1. The first-order valence-corrected chi connectivity index (χ1v) is 13.7. The molecule has 3 aromatic rings. The van der Waals surface area contributed by atoms with E-state index < -0.39 is 0 Å². The van der Waals surface area contributed by atoms with Gasteiger partial charge in [-0.15, -0.1) is 11.3 Å². The van der Waals surface area contributed by atoms with Crippen LogP contribution in [0.5, 0.6) is 0 Å². The van der Waals surface area contributed by atoms with Gasteiger partial charge in [0, 0.05) is 54.0 Å². The number of fused-ring (bicyclic) bond motifs is 1. The van der Waals surface area contributed by atoms with Gasteiger partial charge in [0.15, 0.2) is 0 Å². The van der Waals surface area contributed by atoms with Crippen molar-refractivity contribution in [3.8, 4) is 0 Å². The number of aryl methyl sites for hydroxylation is 1. The number of ether oxygens (including phenoxy) is 1. The van der Waals surface area contributed by atoms with E-state index in [1.54, 1.807) is 12.3 Å². The third kappa shape index (κ3) is 5.40. The van der Waals surface area contributed by atoms with E-state index in [1.807, 2.05) is 22.3 Å². The highest BCUT2D eigenvalue weighted by Crippen LogP contribution is 2.30. The molecule has 1 saturated heterocycles. The van der Waals surface area contributed by atoms with Crippen LogP contribution in [0, 0.1) is 6.92 Å². The molecule has 0 saturated carbocycles. The summed E-state index contributed by atoms with van der Waals surface area (Å²) in [5, 5.41) is 1.30. The zero-order valence-electron chi connectivity index (χ0n) is 21.9. The van der Waals surface area contributed by atoms with Gasteiger partial charge in [0.2, 0.25) is 5.91 Å². The van der Waals surface area contributed by atoms with Crippen molar-refractivity contribution >= 4 is 44.7 Å². The Kier molecular flexibility index (Phi) is 7.31. The quantitative estimate of drug-likeness (QED) is 0.460. The Balaban J connectivity index is 1.18. The molecule has 0 N–H and O–H groups in total. The van der Waals surface area contributed by atoms with Gasteiger partial charge in [0.25, 0.3) is 0 Å². The van der Waals surface area contributed by atoms with E-state index in [-0.39, 0.29) is 24.0 Å². The molecule has 4 heterocycles. The predicted octanol–water partition coefficient (Wildman–Crippen LogP) is 4.61. The first-order chi connectivity index (χ1) is 17.8. The Morgan fingerprint density at radius 3 is 2.54 bits per heavy atom. The Morgan fingerprint density at radius 2 is 1.89 bits per heavy atom. The average molecular weight is 519 g/mol. The number of methoxy groups -OCH3 is 1. The van der Waals surface area contributed by atoms with Crippen LogP contribution in [0.3, 0.4) is 0 Å². The molecule has 5 rings (SSSR count). The van der Waals surface area contributed by atoms with Crippen LogP contribution in [0.1, 0.15) is 41.1 Å². The van der Waals surface area contributed by atoms with Crippen LogP contribution >= 0.6 is 11.3 Å². The first-order valence-electron chi connectivity index (χ1n) is 12.8. The number of aromatic nitrogens is 1. The van der Waals surface area contributed by atoms with Crippen molar-refractivity contribution in [2.75, 3.05) is 44.7 Å². The predicted molar refractivity (Wildman–Crippen MR) is 149 cm³/mol. The number of pyridine rings is 1. The zero-order valence-corrected chi connectivity index (χ0v) is 22.8. The van der Waals surface area contributed by atoms with E-state index in [9.17, 15) is 9.59 Å². The molecule has 2 aliphatic heterocycles. The molecule has 1 fully saturated rings. The molecule has 0 unspecified atom stereocenters. The highest BCUT2D eigenvalue weighted by atomic mass is 32.1. The van der Waals surface area contributed by atoms with Crippen molar-refractivity contribution in [1.29, 1.82) is 0 Å². The van der Waals surface area contributed by atoms with Crippen LogP contribution in [0.4, 0.5) is 5.82 Å². The van der Waals surface area contributed by atoms with Crippen molar-refractivity contribution in [3.63, 3.8) is 0 Å². The maximum Gasteiger partial charge on any atom is 0.339 e. The van der Waals surface area contributed by atoms with E-state index in [2.05, 4.69) is 65.9 Å². The molecule has 2 aliphatic rings. The topological polar surface area (TPSA) is 66.0 Å². The Morgan fingerprint density at radius 1 is 1.11 bits per heavy atom. The van der Waals surface area contributed by atoms with Crippen LogP contribution in [0.15, 0.2) is 48.7 Å².